The highest BCUT2D eigenvalue weighted by molar-refractivity contribution is 7.22. The van der Waals surface area contributed by atoms with Crippen LogP contribution in [0.25, 0.3) is 10.2 Å². The number of anilines is 1. The number of nitrogens with one attached hydrogen (secondary N) is 1. The molecule has 1 aromatic heterocycles. The molecule has 1 amide bonds. The predicted octanol–water partition coefficient (Wildman–Crippen LogP) is 5.11. The summed E-state index contributed by atoms with van der Waals surface area (Å²) in [4.78, 5) is 16.5. The van der Waals surface area contributed by atoms with Gasteiger partial charge in [0.1, 0.15) is 0 Å². The maximum absolute atomic E-state index is 12.7. The Labute approximate surface area is 146 Å². The first-order valence-electron chi connectivity index (χ1n) is 7.56. The maximum Gasteiger partial charge on any atom is 0.416 e. The Morgan fingerprint density at radius 1 is 1.20 bits per heavy atom. The standard InChI is InChI=1S/C18H15F3N2OS/c1-10-6-11(2)16-14(7-10)25-17(23-16)22-15(24)9-12-4-3-5-13(8-12)18(19,20)21/h3-8H,9H2,1-2H3,(H,22,23,24). The Hall–Kier alpha value is -2.41. The van der Waals surface area contributed by atoms with Crippen LogP contribution in [0.1, 0.15) is 22.3 Å². The Balaban J connectivity index is 1.76. The molecular weight excluding hydrogens is 349 g/mol. The number of halogens is 3. The Morgan fingerprint density at radius 2 is 1.96 bits per heavy atom. The van der Waals surface area contributed by atoms with Crippen molar-refractivity contribution in [3.05, 3.63) is 58.7 Å². The van der Waals surface area contributed by atoms with Gasteiger partial charge < -0.3 is 5.32 Å². The van der Waals surface area contributed by atoms with Crippen LogP contribution in [0.5, 0.6) is 0 Å². The van der Waals surface area contributed by atoms with Crippen LogP contribution in [0.15, 0.2) is 36.4 Å². The molecule has 3 nitrogen and oxygen atoms in total. The van der Waals surface area contributed by atoms with Gasteiger partial charge in [0.15, 0.2) is 5.13 Å². The second kappa shape index (κ2) is 6.48. The van der Waals surface area contributed by atoms with Crippen molar-refractivity contribution in [2.24, 2.45) is 0 Å². The lowest BCUT2D eigenvalue weighted by molar-refractivity contribution is -0.137. The van der Waals surface area contributed by atoms with E-state index in [1.165, 1.54) is 23.5 Å². The summed E-state index contributed by atoms with van der Waals surface area (Å²) in [5.74, 6) is -0.396. The molecule has 0 saturated heterocycles. The zero-order chi connectivity index (χ0) is 18.2. The van der Waals surface area contributed by atoms with Gasteiger partial charge in [0.25, 0.3) is 0 Å². The molecule has 0 spiro atoms. The van der Waals surface area contributed by atoms with E-state index in [1.807, 2.05) is 26.0 Å². The predicted molar refractivity (Wildman–Crippen MR) is 92.9 cm³/mol. The first-order valence-corrected chi connectivity index (χ1v) is 8.38. The number of hydrogen-bond donors (Lipinski definition) is 1. The molecule has 0 atom stereocenters. The number of hydrogen-bond acceptors (Lipinski definition) is 3. The normalized spacial score (nSPS) is 11.7. The van der Waals surface area contributed by atoms with Gasteiger partial charge in [-0.3, -0.25) is 4.79 Å². The average Bonchev–Trinajstić information content (AvgIpc) is 2.89. The summed E-state index contributed by atoms with van der Waals surface area (Å²) in [6.45, 7) is 3.93. The average molecular weight is 364 g/mol. The van der Waals surface area contributed by atoms with E-state index in [0.29, 0.717) is 10.7 Å². The van der Waals surface area contributed by atoms with E-state index in [0.717, 1.165) is 33.5 Å². The lowest BCUT2D eigenvalue weighted by atomic mass is 10.1. The second-order valence-corrected chi connectivity index (χ2v) is 6.90. The molecule has 1 N–H and O–H groups in total. The quantitative estimate of drug-likeness (QED) is 0.701. The molecule has 0 bridgehead atoms. The summed E-state index contributed by atoms with van der Waals surface area (Å²) in [6, 6.07) is 8.78. The smallest absolute Gasteiger partial charge is 0.302 e. The number of benzene rings is 2. The molecule has 3 aromatic rings. The van der Waals surface area contributed by atoms with E-state index in [4.69, 9.17) is 0 Å². The van der Waals surface area contributed by atoms with Crippen LogP contribution in [0, 0.1) is 13.8 Å². The van der Waals surface area contributed by atoms with Gasteiger partial charge in [-0.1, -0.05) is 35.6 Å². The summed E-state index contributed by atoms with van der Waals surface area (Å²) in [5, 5.41) is 3.12. The van der Waals surface area contributed by atoms with Crippen molar-refractivity contribution in [3.63, 3.8) is 0 Å². The Kier molecular flexibility index (Phi) is 4.51. The van der Waals surface area contributed by atoms with Crippen molar-refractivity contribution in [2.75, 3.05) is 5.32 Å². The lowest BCUT2D eigenvalue weighted by Crippen LogP contribution is -2.15. The molecule has 0 aliphatic rings. The van der Waals surface area contributed by atoms with Gasteiger partial charge in [-0.05, 0) is 42.7 Å². The first kappa shape index (κ1) is 17.4. The number of thiazole rings is 1. The van der Waals surface area contributed by atoms with Gasteiger partial charge in [0.2, 0.25) is 5.91 Å². The first-order chi connectivity index (χ1) is 11.7. The maximum atomic E-state index is 12.7. The molecule has 0 aliphatic heterocycles. The molecule has 0 fully saturated rings. The zero-order valence-electron chi connectivity index (χ0n) is 13.6. The minimum atomic E-state index is -4.42. The van der Waals surface area contributed by atoms with Crippen molar-refractivity contribution in [1.29, 1.82) is 0 Å². The fraction of sp³-hybridized carbons (Fsp3) is 0.222. The van der Waals surface area contributed by atoms with Crippen LogP contribution < -0.4 is 5.32 Å². The summed E-state index contributed by atoms with van der Waals surface area (Å²) in [7, 11) is 0. The van der Waals surface area contributed by atoms with E-state index in [1.54, 1.807) is 0 Å². The number of aromatic nitrogens is 1. The van der Waals surface area contributed by atoms with Crippen molar-refractivity contribution in [3.8, 4) is 0 Å². The molecule has 0 radical (unpaired) electrons. The number of carbonyl (C=O) groups is 1. The summed E-state index contributed by atoms with van der Waals surface area (Å²) in [5.41, 5.74) is 2.49. The van der Waals surface area contributed by atoms with Crippen LogP contribution in [-0.2, 0) is 17.4 Å². The third-order valence-corrected chi connectivity index (χ3v) is 4.61. The largest absolute Gasteiger partial charge is 0.416 e. The summed E-state index contributed by atoms with van der Waals surface area (Å²) < 4.78 is 39.2. The molecule has 0 unspecified atom stereocenters. The number of fused-ring (bicyclic) bond motifs is 1. The molecule has 7 heteroatoms. The number of rotatable bonds is 3. The highest BCUT2D eigenvalue weighted by Crippen LogP contribution is 2.31. The van der Waals surface area contributed by atoms with Crippen molar-refractivity contribution >= 4 is 32.6 Å². The fourth-order valence-electron chi connectivity index (χ4n) is 2.63. The van der Waals surface area contributed by atoms with Crippen LogP contribution in [-0.4, -0.2) is 10.9 Å². The number of aryl methyl sites for hydroxylation is 2. The van der Waals surface area contributed by atoms with E-state index >= 15 is 0 Å². The van der Waals surface area contributed by atoms with Gasteiger partial charge in [-0.25, -0.2) is 4.98 Å². The minimum absolute atomic E-state index is 0.141. The van der Waals surface area contributed by atoms with Gasteiger partial charge in [-0.2, -0.15) is 13.2 Å². The molecule has 2 aromatic carbocycles. The van der Waals surface area contributed by atoms with E-state index in [9.17, 15) is 18.0 Å². The molecule has 3 rings (SSSR count). The topological polar surface area (TPSA) is 42.0 Å². The van der Waals surface area contributed by atoms with Crippen molar-refractivity contribution in [2.45, 2.75) is 26.4 Å². The molecular formula is C18H15F3N2OS. The van der Waals surface area contributed by atoms with Gasteiger partial charge in [0, 0.05) is 0 Å². The van der Waals surface area contributed by atoms with Crippen molar-refractivity contribution in [1.82, 2.24) is 4.98 Å². The lowest BCUT2D eigenvalue weighted by Gasteiger charge is -2.08. The van der Waals surface area contributed by atoms with Gasteiger partial charge in [-0.15, -0.1) is 0 Å². The minimum Gasteiger partial charge on any atom is -0.302 e. The third-order valence-electron chi connectivity index (χ3n) is 3.70. The zero-order valence-corrected chi connectivity index (χ0v) is 14.4. The molecule has 0 saturated carbocycles. The third kappa shape index (κ3) is 3.99. The van der Waals surface area contributed by atoms with E-state index in [-0.39, 0.29) is 6.42 Å². The number of alkyl halides is 3. The van der Waals surface area contributed by atoms with Crippen LogP contribution >= 0.6 is 11.3 Å². The number of nitrogens with zero attached hydrogens (tertiary/aromatic N) is 1. The van der Waals surface area contributed by atoms with Crippen molar-refractivity contribution < 1.29 is 18.0 Å². The molecule has 25 heavy (non-hydrogen) atoms. The molecule has 0 aliphatic carbocycles. The van der Waals surface area contributed by atoms with E-state index in [2.05, 4.69) is 10.3 Å². The summed E-state index contributed by atoms with van der Waals surface area (Å²) >= 11 is 1.35. The Bertz CT molecular complexity index is 947. The van der Waals surface area contributed by atoms with Gasteiger partial charge >= 0.3 is 6.18 Å². The highest BCUT2D eigenvalue weighted by Gasteiger charge is 2.30. The number of amides is 1. The SMILES string of the molecule is Cc1cc(C)c2nc(NC(=O)Cc3cccc(C(F)(F)F)c3)sc2c1. The second-order valence-electron chi connectivity index (χ2n) is 5.87. The molecule has 130 valence electrons. The van der Waals surface area contributed by atoms with Gasteiger partial charge in [0.05, 0.1) is 22.2 Å². The van der Waals surface area contributed by atoms with Crippen LogP contribution in [0.2, 0.25) is 0 Å². The number of carbonyl (C=O) groups excluding carboxylic acids is 1. The Morgan fingerprint density at radius 3 is 2.68 bits per heavy atom. The highest BCUT2D eigenvalue weighted by atomic mass is 32.1. The monoisotopic (exact) mass is 364 g/mol. The van der Waals surface area contributed by atoms with Crippen LogP contribution in [0.4, 0.5) is 18.3 Å². The van der Waals surface area contributed by atoms with Crippen LogP contribution in [0.3, 0.4) is 0 Å². The van der Waals surface area contributed by atoms with E-state index < -0.39 is 17.6 Å². The summed E-state index contributed by atoms with van der Waals surface area (Å²) in [6.07, 6.45) is -4.56. The molecule has 1 heterocycles. The fourth-order valence-corrected chi connectivity index (χ4v) is 3.69.